The molecule has 0 aromatic heterocycles. The number of benzene rings is 1. The van der Waals surface area contributed by atoms with Gasteiger partial charge in [-0.05, 0) is 13.0 Å². The van der Waals surface area contributed by atoms with Gasteiger partial charge in [0.2, 0.25) is 0 Å². The first kappa shape index (κ1) is 20.9. The zero-order valence-electron chi connectivity index (χ0n) is 13.4. The van der Waals surface area contributed by atoms with Crippen LogP contribution < -0.4 is 23.6 Å². The van der Waals surface area contributed by atoms with Crippen molar-refractivity contribution in [3.63, 3.8) is 0 Å². The van der Waals surface area contributed by atoms with Gasteiger partial charge in [-0.2, -0.15) is 6.92 Å². The van der Waals surface area contributed by atoms with Crippen molar-refractivity contribution in [2.75, 3.05) is 20.7 Å². The molecule has 1 rings (SSSR count). The molecule has 0 radical (unpaired) electrons. The largest absolute Gasteiger partial charge is 1.00 e. The van der Waals surface area contributed by atoms with Crippen molar-refractivity contribution in [1.82, 2.24) is 4.90 Å². The van der Waals surface area contributed by atoms with Gasteiger partial charge in [0.05, 0.1) is 13.4 Å². The number of Topliss-reactive ketones (excluding diaryl/α,β-unsaturated/α-hetero) is 1. The molecule has 0 amide bonds. The van der Waals surface area contributed by atoms with Crippen LogP contribution in [0.3, 0.4) is 0 Å². The SMILES string of the molecule is [CH2-]C(=O)c1cc(OC)c(N=CN(C)CC)cc1C.[CH3-].[Li+]. The Kier molecular flexibility index (Phi) is 9.96. The van der Waals surface area contributed by atoms with Crippen LogP contribution in [-0.2, 0) is 0 Å². The summed E-state index contributed by atoms with van der Waals surface area (Å²) in [5.74, 6) is 0.361. The maximum absolute atomic E-state index is 11.3. The molecular weight excluding hydrogens is 247 g/mol. The summed E-state index contributed by atoms with van der Waals surface area (Å²) in [6.07, 6.45) is 1.74. The van der Waals surface area contributed by atoms with Crippen molar-refractivity contribution in [1.29, 1.82) is 0 Å². The van der Waals surface area contributed by atoms with Gasteiger partial charge in [0.1, 0.15) is 11.4 Å². The van der Waals surface area contributed by atoms with Crippen LogP contribution in [0.2, 0.25) is 0 Å². The summed E-state index contributed by atoms with van der Waals surface area (Å²) in [5, 5.41) is 0. The van der Waals surface area contributed by atoms with Crippen molar-refractivity contribution in [3.05, 3.63) is 37.6 Å². The molecule has 0 fully saturated rings. The van der Waals surface area contributed by atoms with Gasteiger partial charge in [-0.3, -0.25) is 0 Å². The molecule has 1 aromatic carbocycles. The third kappa shape index (κ3) is 5.32. The third-order valence-corrected chi connectivity index (χ3v) is 2.72. The predicted molar refractivity (Wildman–Crippen MR) is 80.3 cm³/mol. The number of nitrogens with zero attached hydrogens (tertiary/aromatic N) is 2. The van der Waals surface area contributed by atoms with Crippen LogP contribution in [-0.4, -0.2) is 37.7 Å². The van der Waals surface area contributed by atoms with Crippen LogP contribution >= 0.6 is 0 Å². The number of methoxy groups -OCH3 is 1. The molecule has 20 heavy (non-hydrogen) atoms. The number of aryl methyl sites for hydroxylation is 1. The minimum absolute atomic E-state index is 0. The molecule has 5 heteroatoms. The molecule has 0 aliphatic heterocycles. The molecule has 0 heterocycles. The molecule has 0 unspecified atom stereocenters. The monoisotopic (exact) mass is 269 g/mol. The fourth-order valence-corrected chi connectivity index (χ4v) is 1.48. The number of hydrogen-bond acceptors (Lipinski definition) is 3. The van der Waals surface area contributed by atoms with E-state index in [1.54, 1.807) is 19.5 Å². The summed E-state index contributed by atoms with van der Waals surface area (Å²) in [4.78, 5) is 17.7. The van der Waals surface area contributed by atoms with Gasteiger partial charge in [-0.25, -0.2) is 4.99 Å². The summed E-state index contributed by atoms with van der Waals surface area (Å²) < 4.78 is 5.24. The van der Waals surface area contributed by atoms with E-state index in [-0.39, 0.29) is 32.1 Å². The Bertz CT molecular complexity index is 473. The first-order valence-electron chi connectivity index (χ1n) is 5.79. The molecule has 0 spiro atoms. The second-order valence-electron chi connectivity index (χ2n) is 4.08. The quantitative estimate of drug-likeness (QED) is 0.250. The number of ether oxygens (including phenoxy) is 1. The fraction of sp³-hybridized carbons (Fsp3) is 0.333. The molecule has 106 valence electrons. The molecule has 0 bridgehead atoms. The summed E-state index contributed by atoms with van der Waals surface area (Å²) >= 11 is 0. The zero-order valence-corrected chi connectivity index (χ0v) is 13.4. The van der Waals surface area contributed by atoms with E-state index < -0.39 is 0 Å². The van der Waals surface area contributed by atoms with Gasteiger partial charge in [0.15, 0.2) is 0 Å². The van der Waals surface area contributed by atoms with Gasteiger partial charge in [-0.15, -0.1) is 11.1 Å². The van der Waals surface area contributed by atoms with E-state index in [1.807, 2.05) is 31.9 Å². The molecular formula is C15H22LiN2O2-. The minimum atomic E-state index is -0.216. The first-order valence-corrected chi connectivity index (χ1v) is 5.79. The molecule has 0 aliphatic rings. The molecule has 0 saturated heterocycles. The van der Waals surface area contributed by atoms with Crippen LogP contribution in [0.1, 0.15) is 22.8 Å². The Hall–Kier alpha value is -1.37. The van der Waals surface area contributed by atoms with Crippen molar-refractivity contribution in [2.45, 2.75) is 13.8 Å². The van der Waals surface area contributed by atoms with E-state index in [0.717, 1.165) is 12.1 Å². The molecule has 0 N–H and O–H groups in total. The van der Waals surface area contributed by atoms with Crippen LogP contribution in [0.4, 0.5) is 5.69 Å². The Morgan fingerprint density at radius 3 is 2.55 bits per heavy atom. The Morgan fingerprint density at radius 2 is 2.10 bits per heavy atom. The standard InChI is InChI=1S/C14H19N2O2.CH3.Li/c1-6-16(4)9-15-13-7-10(2)12(11(3)17)8-14(13)18-5;;/h7-9H,3,6H2,1-2,4-5H3;1H3;/q2*-1;+1. The number of carbonyl (C=O) groups excluding carboxylic acids is 1. The molecule has 1 aromatic rings. The van der Waals surface area contributed by atoms with Crippen LogP contribution in [0.15, 0.2) is 17.1 Å². The van der Waals surface area contributed by atoms with Gasteiger partial charge >= 0.3 is 18.9 Å². The van der Waals surface area contributed by atoms with Crippen molar-refractivity contribution in [2.24, 2.45) is 4.99 Å². The molecule has 0 aliphatic carbocycles. The zero-order chi connectivity index (χ0) is 13.7. The second kappa shape index (κ2) is 9.52. The Morgan fingerprint density at radius 1 is 1.50 bits per heavy atom. The fourth-order valence-electron chi connectivity index (χ4n) is 1.48. The normalized spacial score (nSPS) is 9.60. The van der Waals surface area contributed by atoms with E-state index in [4.69, 9.17) is 4.74 Å². The maximum Gasteiger partial charge on any atom is 1.00 e. The number of carbonyl (C=O) groups is 1. The number of rotatable bonds is 5. The second-order valence-corrected chi connectivity index (χ2v) is 4.08. The van der Waals surface area contributed by atoms with E-state index in [2.05, 4.69) is 11.9 Å². The summed E-state index contributed by atoms with van der Waals surface area (Å²) in [7, 11) is 3.50. The average molecular weight is 269 g/mol. The number of ketones is 1. The molecule has 4 nitrogen and oxygen atoms in total. The molecule has 0 saturated carbocycles. The Balaban J connectivity index is 0. The topological polar surface area (TPSA) is 41.9 Å². The number of hydrogen-bond donors (Lipinski definition) is 0. The van der Waals surface area contributed by atoms with Gasteiger partial charge in [-0.1, -0.05) is 13.0 Å². The third-order valence-electron chi connectivity index (χ3n) is 2.72. The maximum atomic E-state index is 11.3. The van der Waals surface area contributed by atoms with Crippen molar-refractivity contribution < 1.29 is 28.4 Å². The van der Waals surface area contributed by atoms with Crippen molar-refractivity contribution >= 4 is 17.8 Å². The summed E-state index contributed by atoms with van der Waals surface area (Å²) in [6, 6.07) is 3.51. The van der Waals surface area contributed by atoms with Crippen LogP contribution in [0.5, 0.6) is 5.75 Å². The van der Waals surface area contributed by atoms with Crippen LogP contribution in [0, 0.1) is 21.3 Å². The predicted octanol–water partition coefficient (Wildman–Crippen LogP) is 0.0862. The average Bonchev–Trinajstić information content (AvgIpc) is 2.35. The van der Waals surface area contributed by atoms with E-state index in [9.17, 15) is 4.79 Å². The summed E-state index contributed by atoms with van der Waals surface area (Å²) in [5.41, 5.74) is 2.12. The van der Waals surface area contributed by atoms with Crippen LogP contribution in [0.25, 0.3) is 0 Å². The van der Waals surface area contributed by atoms with E-state index >= 15 is 0 Å². The Labute approximate surface area is 134 Å². The smallest absolute Gasteiger partial charge is 0.496 e. The van der Waals surface area contributed by atoms with Gasteiger partial charge in [0.25, 0.3) is 0 Å². The minimum Gasteiger partial charge on any atom is -0.496 e. The molecule has 0 atom stereocenters. The summed E-state index contributed by atoms with van der Waals surface area (Å²) in [6.45, 7) is 8.20. The van der Waals surface area contributed by atoms with E-state index in [0.29, 0.717) is 17.0 Å². The van der Waals surface area contributed by atoms with Gasteiger partial charge in [0, 0.05) is 19.4 Å². The van der Waals surface area contributed by atoms with Gasteiger partial charge < -0.3 is 21.9 Å². The first-order chi connectivity index (χ1) is 8.49. The number of aliphatic imine (C=N–C) groups is 1. The van der Waals surface area contributed by atoms with E-state index in [1.165, 1.54) is 0 Å². The van der Waals surface area contributed by atoms with Crippen molar-refractivity contribution in [3.8, 4) is 5.75 Å².